The van der Waals surface area contributed by atoms with E-state index in [0.717, 1.165) is 0 Å². The van der Waals surface area contributed by atoms with Gasteiger partial charge in [0.25, 0.3) is 5.41 Å². The van der Waals surface area contributed by atoms with Crippen LogP contribution in [0.5, 0.6) is 0 Å². The SMILES string of the molecule is O=C(/C=C(\[O-])c1ccc(F)c(Cl)c1)C1(C(F)(F)F)C(F)(F)C(F)(F)C(F)(F)C1(F)F. The van der Waals surface area contributed by atoms with Gasteiger partial charge in [0.1, 0.15) is 5.82 Å². The van der Waals surface area contributed by atoms with Gasteiger partial charge in [-0.1, -0.05) is 23.4 Å². The highest BCUT2D eigenvalue weighted by atomic mass is 35.5. The smallest absolute Gasteiger partial charge is 0.414 e. The molecule has 0 bridgehead atoms. The molecule has 1 aliphatic rings. The van der Waals surface area contributed by atoms with Crippen molar-refractivity contribution >= 4 is 23.1 Å². The molecule has 2 rings (SSSR count). The molecule has 30 heavy (non-hydrogen) atoms. The van der Waals surface area contributed by atoms with Crippen molar-refractivity contribution in [3.05, 3.63) is 40.7 Å². The second kappa shape index (κ2) is 6.44. The number of carbonyl (C=O) groups is 1. The lowest BCUT2D eigenvalue weighted by atomic mass is 9.74. The van der Waals surface area contributed by atoms with Gasteiger partial charge in [0.05, 0.1) is 5.02 Å². The molecule has 1 aromatic carbocycles. The van der Waals surface area contributed by atoms with E-state index in [1.54, 1.807) is 0 Å². The van der Waals surface area contributed by atoms with Crippen LogP contribution in [0.1, 0.15) is 5.56 Å². The molecule has 0 radical (unpaired) electrons. The zero-order valence-electron chi connectivity index (χ0n) is 13.5. The molecule has 0 aliphatic heterocycles. The summed E-state index contributed by atoms with van der Waals surface area (Å²) in [7, 11) is 0. The molecule has 2 nitrogen and oxygen atoms in total. The van der Waals surface area contributed by atoms with Gasteiger partial charge in [-0.05, 0) is 23.8 Å². The molecule has 1 saturated carbocycles. The minimum atomic E-state index is -7.38. The monoisotopic (exact) mass is 479 g/mol. The Balaban J connectivity index is 2.83. The predicted octanol–water partition coefficient (Wildman–Crippen LogP) is 4.85. The number of benzene rings is 1. The fourth-order valence-corrected chi connectivity index (χ4v) is 3.01. The summed E-state index contributed by atoms with van der Waals surface area (Å²) in [4.78, 5) is 11.8. The van der Waals surface area contributed by atoms with Crippen LogP contribution in [0.2, 0.25) is 5.02 Å². The standard InChI is InChI=1S/C15H5ClF12O2/c16-6-3-5(1-2-7(6)17)8(29)4-9(30)10(15(26,27)28)11(18,19)13(22,23)14(24,25)12(10,20)21/h1-4,29H/p-1/b8-4-. The summed E-state index contributed by atoms with van der Waals surface area (Å²) in [5.74, 6) is -36.5. The van der Waals surface area contributed by atoms with E-state index in [0.29, 0.717) is 18.2 Å². The summed E-state index contributed by atoms with van der Waals surface area (Å²) in [6.07, 6.45) is -8.51. The largest absolute Gasteiger partial charge is 0.872 e. The van der Waals surface area contributed by atoms with Crippen LogP contribution in [-0.4, -0.2) is 35.6 Å². The molecule has 0 atom stereocenters. The maximum absolute atomic E-state index is 13.9. The number of ketones is 1. The minimum absolute atomic E-state index is 0.331. The quantitative estimate of drug-likeness (QED) is 0.353. The molecule has 0 saturated heterocycles. The molecule has 0 heterocycles. The molecule has 0 aromatic heterocycles. The molecular formula is C15H4ClF12O2-. The third-order valence-corrected chi connectivity index (χ3v) is 4.68. The molecule has 0 spiro atoms. The van der Waals surface area contributed by atoms with E-state index in [2.05, 4.69) is 0 Å². The first-order valence-corrected chi connectivity index (χ1v) is 7.56. The zero-order chi connectivity index (χ0) is 23.7. The Kier molecular flexibility index (Phi) is 5.18. The highest BCUT2D eigenvalue weighted by Crippen LogP contribution is 2.75. The molecule has 0 amide bonds. The van der Waals surface area contributed by atoms with Gasteiger partial charge in [0.2, 0.25) is 0 Å². The number of rotatable bonds is 3. The van der Waals surface area contributed by atoms with Crippen molar-refractivity contribution in [2.45, 2.75) is 29.9 Å². The van der Waals surface area contributed by atoms with Gasteiger partial charge in [0.15, 0.2) is 5.78 Å². The van der Waals surface area contributed by atoms with Crippen LogP contribution in [0.3, 0.4) is 0 Å². The maximum Gasteiger partial charge on any atom is 0.414 e. The summed E-state index contributed by atoms with van der Waals surface area (Å²) in [6.45, 7) is 0. The van der Waals surface area contributed by atoms with Crippen molar-refractivity contribution in [2.24, 2.45) is 5.41 Å². The van der Waals surface area contributed by atoms with Crippen LogP contribution in [0.4, 0.5) is 52.7 Å². The van der Waals surface area contributed by atoms with Gasteiger partial charge < -0.3 is 5.11 Å². The Morgan fingerprint density at radius 2 is 1.33 bits per heavy atom. The van der Waals surface area contributed by atoms with Gasteiger partial charge in [-0.3, -0.25) is 4.79 Å². The molecule has 0 N–H and O–H groups in total. The molecule has 1 aromatic rings. The average Bonchev–Trinajstić information content (AvgIpc) is 2.61. The molecule has 15 heteroatoms. The number of hydrogen-bond acceptors (Lipinski definition) is 2. The van der Waals surface area contributed by atoms with Gasteiger partial charge in [0, 0.05) is 0 Å². The summed E-state index contributed by atoms with van der Waals surface area (Å²) >= 11 is 5.24. The molecule has 168 valence electrons. The van der Waals surface area contributed by atoms with Crippen LogP contribution in [0.15, 0.2) is 24.3 Å². The highest BCUT2D eigenvalue weighted by Gasteiger charge is 3.06. The first-order chi connectivity index (χ1) is 13.2. The van der Waals surface area contributed by atoms with E-state index < -0.39 is 69.3 Å². The van der Waals surface area contributed by atoms with Gasteiger partial charge in [-0.2, -0.15) is 48.3 Å². The summed E-state index contributed by atoms with van der Waals surface area (Å²) in [5, 5.41) is 10.9. The van der Waals surface area contributed by atoms with Crippen LogP contribution >= 0.6 is 11.6 Å². The first-order valence-electron chi connectivity index (χ1n) is 7.18. The van der Waals surface area contributed by atoms with E-state index in [1.807, 2.05) is 0 Å². The maximum atomic E-state index is 13.9. The minimum Gasteiger partial charge on any atom is -0.872 e. The van der Waals surface area contributed by atoms with Crippen molar-refractivity contribution < 1.29 is 62.6 Å². The lowest BCUT2D eigenvalue weighted by Crippen LogP contribution is -2.64. The van der Waals surface area contributed by atoms with Crippen LogP contribution in [0, 0.1) is 11.2 Å². The Morgan fingerprint density at radius 3 is 1.70 bits per heavy atom. The molecule has 0 unspecified atom stereocenters. The zero-order valence-corrected chi connectivity index (χ0v) is 14.3. The van der Waals surface area contributed by atoms with Crippen molar-refractivity contribution in [1.29, 1.82) is 0 Å². The molecule has 1 fully saturated rings. The third-order valence-electron chi connectivity index (χ3n) is 4.39. The number of halogens is 13. The third kappa shape index (κ3) is 2.57. The fourth-order valence-electron chi connectivity index (χ4n) is 2.83. The summed E-state index contributed by atoms with van der Waals surface area (Å²) < 4.78 is 162. The normalized spacial score (nSPS) is 24.0. The van der Waals surface area contributed by atoms with E-state index in [1.165, 1.54) is 0 Å². The second-order valence-electron chi connectivity index (χ2n) is 6.05. The number of hydrogen-bond donors (Lipinski definition) is 0. The Bertz CT molecular complexity index is 893. The molecular weight excluding hydrogens is 476 g/mol. The van der Waals surface area contributed by atoms with Gasteiger partial charge in [-0.25, -0.2) is 4.39 Å². The Morgan fingerprint density at radius 1 is 0.900 bits per heavy atom. The van der Waals surface area contributed by atoms with Crippen molar-refractivity contribution in [1.82, 2.24) is 0 Å². The average molecular weight is 480 g/mol. The van der Waals surface area contributed by atoms with E-state index in [4.69, 9.17) is 11.6 Å². The van der Waals surface area contributed by atoms with Gasteiger partial charge in [-0.15, -0.1) is 0 Å². The molecule has 1 aliphatic carbocycles. The number of allylic oxidation sites excluding steroid dienone is 1. The van der Waals surface area contributed by atoms with E-state index in [9.17, 15) is 62.6 Å². The predicted molar refractivity (Wildman–Crippen MR) is 72.7 cm³/mol. The number of alkyl halides is 11. The topological polar surface area (TPSA) is 40.1 Å². The van der Waals surface area contributed by atoms with Crippen molar-refractivity contribution in [3.8, 4) is 0 Å². The van der Waals surface area contributed by atoms with E-state index >= 15 is 0 Å². The lowest BCUT2D eigenvalue weighted by Gasteiger charge is -2.37. The number of carbonyl (C=O) groups excluding carboxylic acids is 1. The van der Waals surface area contributed by atoms with E-state index in [-0.39, 0.29) is 0 Å². The van der Waals surface area contributed by atoms with Crippen molar-refractivity contribution in [3.63, 3.8) is 0 Å². The lowest BCUT2D eigenvalue weighted by molar-refractivity contribution is -0.341. The van der Waals surface area contributed by atoms with Crippen LogP contribution in [-0.2, 0) is 4.79 Å². The highest BCUT2D eigenvalue weighted by molar-refractivity contribution is 6.30. The summed E-state index contributed by atoms with van der Waals surface area (Å²) in [6, 6.07) is 1.15. The summed E-state index contributed by atoms with van der Waals surface area (Å²) in [5.41, 5.74) is -8.00. The van der Waals surface area contributed by atoms with Crippen LogP contribution in [0.25, 0.3) is 5.76 Å². The Hall–Kier alpha value is -2.12. The Labute approximate surface area is 162 Å². The first kappa shape index (κ1) is 24.2. The second-order valence-corrected chi connectivity index (χ2v) is 6.45. The van der Waals surface area contributed by atoms with Gasteiger partial charge >= 0.3 is 29.9 Å². The van der Waals surface area contributed by atoms with Crippen molar-refractivity contribution in [2.75, 3.05) is 0 Å². The van der Waals surface area contributed by atoms with Crippen LogP contribution < -0.4 is 5.11 Å². The fraction of sp³-hybridized carbons (Fsp3) is 0.400.